The fraction of sp³-hybridized carbons (Fsp3) is 0.500. The van der Waals surface area contributed by atoms with Crippen LogP contribution in [0, 0.1) is 0 Å². The van der Waals surface area contributed by atoms with Gasteiger partial charge in [0.1, 0.15) is 0 Å². The van der Waals surface area contributed by atoms with Gasteiger partial charge in [-0.1, -0.05) is 35.5 Å². The zero-order chi connectivity index (χ0) is 18.4. The van der Waals surface area contributed by atoms with E-state index in [4.69, 9.17) is 4.52 Å². The number of rotatable bonds is 7. The van der Waals surface area contributed by atoms with Gasteiger partial charge >= 0.3 is 6.03 Å². The summed E-state index contributed by atoms with van der Waals surface area (Å²) in [5.74, 6) is 0.937. The molecule has 1 aromatic heterocycles. The van der Waals surface area contributed by atoms with Gasteiger partial charge in [-0.05, 0) is 33.3 Å². The predicted molar refractivity (Wildman–Crippen MR) is 94.0 cm³/mol. The van der Waals surface area contributed by atoms with Crippen LogP contribution in [-0.2, 0) is 6.42 Å². The Morgan fingerprint density at radius 1 is 1.24 bits per heavy atom. The molecular formula is C18H26N4O3. The van der Waals surface area contributed by atoms with Crippen molar-refractivity contribution in [2.45, 2.75) is 52.3 Å². The molecule has 0 aliphatic heterocycles. The number of benzene rings is 1. The predicted octanol–water partition coefficient (Wildman–Crippen LogP) is 2.52. The lowest BCUT2D eigenvalue weighted by Gasteiger charge is -2.29. The molecule has 7 nitrogen and oxygen atoms in total. The highest BCUT2D eigenvalue weighted by molar-refractivity contribution is 5.74. The Morgan fingerprint density at radius 3 is 2.52 bits per heavy atom. The number of urea groups is 1. The van der Waals surface area contributed by atoms with Crippen molar-refractivity contribution in [1.82, 2.24) is 20.4 Å². The third-order valence-corrected chi connectivity index (χ3v) is 3.75. The van der Waals surface area contributed by atoms with E-state index in [1.807, 2.05) is 44.2 Å². The van der Waals surface area contributed by atoms with Crippen LogP contribution in [0.2, 0.25) is 0 Å². The fourth-order valence-electron chi connectivity index (χ4n) is 2.43. The van der Waals surface area contributed by atoms with Crippen LogP contribution in [0.3, 0.4) is 0 Å². The molecule has 2 rings (SSSR count). The molecule has 0 radical (unpaired) electrons. The van der Waals surface area contributed by atoms with Crippen LogP contribution in [0.25, 0.3) is 0 Å². The van der Waals surface area contributed by atoms with E-state index >= 15 is 0 Å². The topological polar surface area (TPSA) is 91.5 Å². The first-order valence-corrected chi connectivity index (χ1v) is 8.48. The Hall–Kier alpha value is -2.41. The number of aromatic nitrogens is 2. The Kier molecular flexibility index (Phi) is 6.52. The van der Waals surface area contributed by atoms with Crippen LogP contribution >= 0.6 is 0 Å². The summed E-state index contributed by atoms with van der Waals surface area (Å²) >= 11 is 0. The molecule has 2 aromatic rings. The van der Waals surface area contributed by atoms with E-state index in [-0.39, 0.29) is 18.6 Å². The first kappa shape index (κ1) is 18.9. The molecule has 7 heteroatoms. The Morgan fingerprint density at radius 2 is 1.92 bits per heavy atom. The van der Waals surface area contributed by atoms with Crippen molar-refractivity contribution in [3.05, 3.63) is 47.6 Å². The molecule has 0 aliphatic rings. The molecule has 2 N–H and O–H groups in total. The van der Waals surface area contributed by atoms with Crippen molar-refractivity contribution in [1.29, 1.82) is 0 Å². The van der Waals surface area contributed by atoms with Crippen molar-refractivity contribution in [3.8, 4) is 0 Å². The first-order chi connectivity index (χ1) is 11.9. The minimum Gasteiger partial charge on any atom is -0.392 e. The summed E-state index contributed by atoms with van der Waals surface area (Å²) in [7, 11) is 0. The zero-order valence-electron chi connectivity index (χ0n) is 15.1. The van der Waals surface area contributed by atoms with E-state index in [1.165, 1.54) is 0 Å². The molecule has 0 bridgehead atoms. The van der Waals surface area contributed by atoms with Gasteiger partial charge in [0.25, 0.3) is 0 Å². The van der Waals surface area contributed by atoms with Crippen LogP contribution in [0.5, 0.6) is 0 Å². The zero-order valence-corrected chi connectivity index (χ0v) is 15.1. The third-order valence-electron chi connectivity index (χ3n) is 3.75. The van der Waals surface area contributed by atoms with Crippen molar-refractivity contribution in [2.75, 3.05) is 6.54 Å². The van der Waals surface area contributed by atoms with E-state index in [1.54, 1.807) is 18.7 Å². The molecule has 0 saturated carbocycles. The third kappa shape index (κ3) is 5.56. The molecule has 1 aromatic carbocycles. The van der Waals surface area contributed by atoms with Crippen molar-refractivity contribution in [2.24, 2.45) is 0 Å². The number of amides is 2. The SMILES string of the molecule is CC(O)CN(C(=O)NC(C)c1noc(Cc2ccccc2)n1)C(C)C. The van der Waals surface area contributed by atoms with Crippen LogP contribution < -0.4 is 5.32 Å². The van der Waals surface area contributed by atoms with Gasteiger partial charge in [-0.15, -0.1) is 0 Å². The molecule has 25 heavy (non-hydrogen) atoms. The summed E-state index contributed by atoms with van der Waals surface area (Å²) in [4.78, 5) is 18.4. The second-order valence-electron chi connectivity index (χ2n) is 6.47. The molecule has 0 fully saturated rings. The lowest BCUT2D eigenvalue weighted by atomic mass is 10.1. The largest absolute Gasteiger partial charge is 0.392 e. The second kappa shape index (κ2) is 8.62. The Labute approximate surface area is 148 Å². The van der Waals surface area contributed by atoms with Gasteiger partial charge in [0.15, 0.2) is 5.82 Å². The lowest BCUT2D eigenvalue weighted by Crippen LogP contribution is -2.47. The molecule has 2 amide bonds. The number of nitrogens with one attached hydrogen (secondary N) is 1. The van der Waals surface area contributed by atoms with Crippen LogP contribution in [0.15, 0.2) is 34.9 Å². The van der Waals surface area contributed by atoms with Gasteiger partial charge in [-0.3, -0.25) is 0 Å². The molecule has 0 saturated heterocycles. The molecule has 136 valence electrons. The smallest absolute Gasteiger partial charge is 0.318 e. The van der Waals surface area contributed by atoms with Crippen LogP contribution in [-0.4, -0.2) is 44.9 Å². The molecule has 0 spiro atoms. The maximum Gasteiger partial charge on any atom is 0.318 e. The average Bonchev–Trinajstić information content (AvgIpc) is 3.01. The average molecular weight is 346 g/mol. The number of aliphatic hydroxyl groups is 1. The fourth-order valence-corrected chi connectivity index (χ4v) is 2.43. The standard InChI is InChI=1S/C18H26N4O3/c1-12(2)22(11-13(3)23)18(24)19-14(4)17-20-16(25-21-17)10-15-8-6-5-7-9-15/h5-9,12-14,23H,10-11H2,1-4H3,(H,19,24). The Bertz CT molecular complexity index is 670. The van der Waals surface area contributed by atoms with Crippen molar-refractivity contribution in [3.63, 3.8) is 0 Å². The summed E-state index contributed by atoms with van der Waals surface area (Å²) in [5.41, 5.74) is 1.08. The van der Waals surface area contributed by atoms with Gasteiger partial charge in [-0.25, -0.2) is 4.79 Å². The molecular weight excluding hydrogens is 320 g/mol. The molecule has 1 heterocycles. The van der Waals surface area contributed by atoms with Gasteiger partial charge < -0.3 is 19.8 Å². The monoisotopic (exact) mass is 346 g/mol. The highest BCUT2D eigenvalue weighted by Gasteiger charge is 2.22. The highest BCUT2D eigenvalue weighted by Crippen LogP contribution is 2.13. The summed E-state index contributed by atoms with van der Waals surface area (Å²) in [6.45, 7) is 7.52. The number of carbonyl (C=O) groups is 1. The van der Waals surface area contributed by atoms with Crippen molar-refractivity contribution >= 4 is 6.03 Å². The number of aliphatic hydroxyl groups excluding tert-OH is 1. The van der Waals surface area contributed by atoms with Crippen LogP contribution in [0.1, 0.15) is 51.0 Å². The highest BCUT2D eigenvalue weighted by atomic mass is 16.5. The summed E-state index contributed by atoms with van der Waals surface area (Å²) in [5, 5.41) is 16.4. The van der Waals surface area contributed by atoms with Crippen molar-refractivity contribution < 1.29 is 14.4 Å². The summed E-state index contributed by atoms with van der Waals surface area (Å²) in [6, 6.07) is 9.16. The van der Waals surface area contributed by atoms with E-state index in [0.717, 1.165) is 5.56 Å². The number of nitrogens with zero attached hydrogens (tertiary/aromatic N) is 3. The number of hydrogen-bond acceptors (Lipinski definition) is 5. The minimum absolute atomic E-state index is 0.0271. The summed E-state index contributed by atoms with van der Waals surface area (Å²) < 4.78 is 5.28. The van der Waals surface area contributed by atoms with Gasteiger partial charge in [0.2, 0.25) is 5.89 Å². The maximum absolute atomic E-state index is 12.4. The lowest BCUT2D eigenvalue weighted by molar-refractivity contribution is 0.117. The number of carbonyl (C=O) groups excluding carboxylic acids is 1. The first-order valence-electron chi connectivity index (χ1n) is 8.48. The Balaban J connectivity index is 1.98. The van der Waals surface area contributed by atoms with Gasteiger partial charge in [0, 0.05) is 12.6 Å². The van der Waals surface area contributed by atoms with E-state index in [0.29, 0.717) is 18.1 Å². The quantitative estimate of drug-likeness (QED) is 0.804. The van der Waals surface area contributed by atoms with Gasteiger partial charge in [-0.2, -0.15) is 4.98 Å². The van der Waals surface area contributed by atoms with E-state index < -0.39 is 12.1 Å². The van der Waals surface area contributed by atoms with Gasteiger partial charge in [0.05, 0.1) is 18.6 Å². The van der Waals surface area contributed by atoms with E-state index in [9.17, 15) is 9.90 Å². The molecule has 2 atom stereocenters. The normalized spacial score (nSPS) is 13.5. The van der Waals surface area contributed by atoms with Crippen LogP contribution in [0.4, 0.5) is 4.79 Å². The second-order valence-corrected chi connectivity index (χ2v) is 6.47. The summed E-state index contributed by atoms with van der Waals surface area (Å²) in [6.07, 6.45) is -0.0413. The van der Waals surface area contributed by atoms with E-state index in [2.05, 4.69) is 15.5 Å². The number of hydrogen-bond donors (Lipinski definition) is 2. The molecule has 0 aliphatic carbocycles. The maximum atomic E-state index is 12.4. The minimum atomic E-state index is -0.592. The molecule has 2 unspecified atom stereocenters.